The van der Waals surface area contributed by atoms with Crippen LogP contribution in [-0.2, 0) is 13.0 Å². The van der Waals surface area contributed by atoms with Crippen LogP contribution in [0.5, 0.6) is 17.2 Å². The molecule has 25 heavy (non-hydrogen) atoms. The first kappa shape index (κ1) is 17.6. The molecule has 0 spiro atoms. The molecule has 1 aliphatic heterocycles. The molecule has 0 bridgehead atoms. The maximum absolute atomic E-state index is 5.51. The molecule has 1 unspecified atom stereocenters. The van der Waals surface area contributed by atoms with E-state index in [0.717, 1.165) is 43.3 Å². The van der Waals surface area contributed by atoms with E-state index in [1.165, 1.54) is 21.6 Å². The van der Waals surface area contributed by atoms with Gasteiger partial charge in [-0.1, -0.05) is 12.1 Å². The van der Waals surface area contributed by atoms with E-state index >= 15 is 0 Å². The third-order valence-electron chi connectivity index (χ3n) is 5.08. The fourth-order valence-corrected chi connectivity index (χ4v) is 3.78. The van der Waals surface area contributed by atoms with Crippen molar-refractivity contribution in [3.63, 3.8) is 0 Å². The van der Waals surface area contributed by atoms with Gasteiger partial charge in [0.1, 0.15) is 18.8 Å². The number of hydrogen-bond donors (Lipinski definition) is 2. The van der Waals surface area contributed by atoms with Crippen LogP contribution in [0.2, 0.25) is 0 Å². The van der Waals surface area contributed by atoms with Crippen molar-refractivity contribution in [2.75, 3.05) is 34.4 Å². The highest BCUT2D eigenvalue weighted by molar-refractivity contribution is 5.48. The van der Waals surface area contributed by atoms with E-state index in [1.54, 1.807) is 21.3 Å². The van der Waals surface area contributed by atoms with Crippen molar-refractivity contribution in [3.8, 4) is 17.2 Å². The van der Waals surface area contributed by atoms with E-state index in [-0.39, 0.29) is 0 Å². The van der Waals surface area contributed by atoms with E-state index in [2.05, 4.69) is 36.1 Å². The van der Waals surface area contributed by atoms with Crippen molar-refractivity contribution in [1.29, 1.82) is 0 Å². The quantitative estimate of drug-likeness (QED) is 0.808. The Kier molecular flexibility index (Phi) is 5.46. The van der Waals surface area contributed by atoms with Crippen LogP contribution in [0.25, 0.3) is 0 Å². The van der Waals surface area contributed by atoms with Crippen LogP contribution in [0.15, 0.2) is 36.4 Å². The maximum Gasteiger partial charge on any atom is 0.163 e. The fraction of sp³-hybridized carbons (Fsp3) is 0.400. The van der Waals surface area contributed by atoms with Crippen molar-refractivity contribution >= 4 is 0 Å². The smallest absolute Gasteiger partial charge is 0.163 e. The summed E-state index contributed by atoms with van der Waals surface area (Å²) >= 11 is 0. The Morgan fingerprint density at radius 3 is 2.48 bits per heavy atom. The zero-order chi connectivity index (χ0) is 17.8. The Balaban J connectivity index is 1.89. The molecule has 0 saturated carbocycles. The highest BCUT2D eigenvalue weighted by atomic mass is 16.5. The lowest BCUT2D eigenvalue weighted by atomic mass is 9.91. The van der Waals surface area contributed by atoms with Gasteiger partial charge in [-0.05, 0) is 29.8 Å². The Morgan fingerprint density at radius 1 is 1.04 bits per heavy atom. The zero-order valence-electron chi connectivity index (χ0n) is 15.3. The van der Waals surface area contributed by atoms with Crippen LogP contribution in [-0.4, -0.2) is 34.4 Å². The van der Waals surface area contributed by atoms with Gasteiger partial charge >= 0.3 is 0 Å². The first-order valence-corrected chi connectivity index (χ1v) is 8.71. The van der Waals surface area contributed by atoms with Gasteiger partial charge in [0.2, 0.25) is 0 Å². The lowest BCUT2D eigenvalue weighted by molar-refractivity contribution is -0.952. The monoisotopic (exact) mass is 344 g/mol. The van der Waals surface area contributed by atoms with Crippen LogP contribution < -0.4 is 24.8 Å². The average Bonchev–Trinajstić information content (AvgIpc) is 2.66. The van der Waals surface area contributed by atoms with Crippen LogP contribution >= 0.6 is 0 Å². The average molecular weight is 344 g/mol. The predicted octanol–water partition coefficient (Wildman–Crippen LogP) is 0.637. The summed E-state index contributed by atoms with van der Waals surface area (Å²) < 4.78 is 16.3. The summed E-state index contributed by atoms with van der Waals surface area (Å²) in [5, 5.41) is 0. The number of benzene rings is 2. The zero-order valence-corrected chi connectivity index (χ0v) is 15.3. The number of methoxy groups -OCH3 is 3. The molecule has 0 radical (unpaired) electrons. The largest absolute Gasteiger partial charge is 0.497 e. The summed E-state index contributed by atoms with van der Waals surface area (Å²) in [6.07, 6.45) is 1.03. The molecule has 0 aliphatic carbocycles. The van der Waals surface area contributed by atoms with E-state index in [4.69, 9.17) is 14.2 Å². The van der Waals surface area contributed by atoms with Crippen molar-refractivity contribution in [2.45, 2.75) is 19.0 Å². The second-order valence-electron chi connectivity index (χ2n) is 6.43. The first-order valence-electron chi connectivity index (χ1n) is 8.71. The van der Waals surface area contributed by atoms with Gasteiger partial charge < -0.3 is 24.8 Å². The van der Waals surface area contributed by atoms with Gasteiger partial charge in [-0.3, -0.25) is 0 Å². The van der Waals surface area contributed by atoms with E-state index < -0.39 is 0 Å². The molecule has 1 heterocycles. The number of fused-ring (bicyclic) bond motifs is 1. The van der Waals surface area contributed by atoms with Crippen molar-refractivity contribution in [3.05, 3.63) is 53.1 Å². The highest BCUT2D eigenvalue weighted by Crippen LogP contribution is 2.33. The standard InChI is InChI=1S/C20H26N2O3/c1-23-16-6-4-5-14(9-16)13-22-8-7-15-10-19(24-2)20(25-3)11-17(15)18(22)12-21/h4-6,9-11,18H,7-8,12-13,21H2,1-3H3/p+2/t18-/m0/s1. The second kappa shape index (κ2) is 7.76. The fourth-order valence-electron chi connectivity index (χ4n) is 3.78. The van der Waals surface area contributed by atoms with Gasteiger partial charge in [0.15, 0.2) is 17.5 Å². The number of nitrogens with one attached hydrogen (secondary N) is 1. The molecular formula is C20H28N2O3+2. The van der Waals surface area contributed by atoms with Gasteiger partial charge in [0, 0.05) is 17.5 Å². The molecule has 0 aromatic heterocycles. The minimum Gasteiger partial charge on any atom is -0.497 e. The predicted molar refractivity (Wildman–Crippen MR) is 96.3 cm³/mol. The summed E-state index contributed by atoms with van der Waals surface area (Å²) in [7, 11) is 5.08. The summed E-state index contributed by atoms with van der Waals surface area (Å²) in [5.74, 6) is 2.51. The second-order valence-corrected chi connectivity index (χ2v) is 6.43. The summed E-state index contributed by atoms with van der Waals surface area (Å²) in [6.45, 7) is 2.90. The van der Waals surface area contributed by atoms with Crippen LogP contribution in [0.4, 0.5) is 0 Å². The summed E-state index contributed by atoms with van der Waals surface area (Å²) in [6, 6.07) is 12.9. The van der Waals surface area contributed by atoms with Crippen molar-refractivity contribution < 1.29 is 24.8 Å². The van der Waals surface area contributed by atoms with Gasteiger partial charge in [0.05, 0.1) is 27.9 Å². The van der Waals surface area contributed by atoms with Crippen molar-refractivity contribution in [2.24, 2.45) is 0 Å². The van der Waals surface area contributed by atoms with Gasteiger partial charge in [-0.15, -0.1) is 0 Å². The third-order valence-corrected chi connectivity index (χ3v) is 5.08. The number of rotatable bonds is 6. The Bertz CT molecular complexity index is 733. The van der Waals surface area contributed by atoms with Gasteiger partial charge in [-0.2, -0.15) is 0 Å². The summed E-state index contributed by atoms with van der Waals surface area (Å²) in [4.78, 5) is 1.53. The third kappa shape index (κ3) is 3.57. The van der Waals surface area contributed by atoms with Crippen molar-refractivity contribution in [1.82, 2.24) is 0 Å². The van der Waals surface area contributed by atoms with Gasteiger partial charge in [-0.25, -0.2) is 0 Å². The van der Waals surface area contributed by atoms with Crippen LogP contribution in [0, 0.1) is 0 Å². The lowest BCUT2D eigenvalue weighted by Crippen LogP contribution is -3.13. The molecule has 0 amide bonds. The number of ether oxygens (including phenoxy) is 3. The normalized spacial score (nSPS) is 19.2. The molecule has 2 aromatic carbocycles. The number of quaternary nitrogens is 2. The molecule has 0 fully saturated rings. The van der Waals surface area contributed by atoms with Crippen LogP contribution in [0.1, 0.15) is 22.7 Å². The topological polar surface area (TPSA) is 59.8 Å². The molecule has 0 saturated heterocycles. The molecule has 134 valence electrons. The Hall–Kier alpha value is -2.24. The SMILES string of the molecule is COc1cccc(C[NH+]2CCc3cc(OC)c(OC)cc3[C@@H]2C[NH3+])c1. The maximum atomic E-state index is 5.51. The van der Waals surface area contributed by atoms with E-state index in [9.17, 15) is 0 Å². The molecular weight excluding hydrogens is 316 g/mol. The van der Waals surface area contributed by atoms with Crippen LogP contribution in [0.3, 0.4) is 0 Å². The minimum atomic E-state index is 0.356. The highest BCUT2D eigenvalue weighted by Gasteiger charge is 2.32. The molecule has 5 heteroatoms. The van der Waals surface area contributed by atoms with Gasteiger partial charge in [0.25, 0.3) is 0 Å². The molecule has 1 aliphatic rings. The van der Waals surface area contributed by atoms with E-state index in [0.29, 0.717) is 6.04 Å². The van der Waals surface area contributed by atoms with E-state index in [1.807, 2.05) is 6.07 Å². The molecule has 2 aromatic rings. The molecule has 3 rings (SSSR count). The molecule has 2 atom stereocenters. The summed E-state index contributed by atoms with van der Waals surface area (Å²) in [5.41, 5.74) is 8.18. The first-order chi connectivity index (χ1) is 12.2. The molecule has 5 nitrogen and oxygen atoms in total. The Morgan fingerprint density at radius 2 is 1.80 bits per heavy atom. The Labute approximate surface area is 149 Å². The number of hydrogen-bond acceptors (Lipinski definition) is 3. The lowest BCUT2D eigenvalue weighted by Gasteiger charge is -2.33. The molecule has 4 N–H and O–H groups in total. The minimum absolute atomic E-state index is 0.356.